The fraction of sp³-hybridized carbons (Fsp3) is 0. The molecule has 6 nitrogen and oxygen atoms in total. The van der Waals surface area contributed by atoms with Crippen molar-refractivity contribution >= 4 is 55.0 Å². The van der Waals surface area contributed by atoms with Crippen molar-refractivity contribution in [2.24, 2.45) is 0 Å². The average Bonchev–Trinajstić information content (AvgIpc) is 3.43. The number of hydrogen-bond donors (Lipinski definition) is 2. The van der Waals surface area contributed by atoms with Crippen LogP contribution in [0.5, 0.6) is 23.0 Å². The second-order valence-corrected chi connectivity index (χ2v) is 17.8. The fourth-order valence-corrected chi connectivity index (χ4v) is 10.0. The van der Waals surface area contributed by atoms with E-state index in [-0.39, 0.29) is 11.1 Å². The SMILES string of the molecule is O=C(O)c1ccc(Oc2ccc3cc(-c4ccccc4)ccc3c2-c2c(Oc3ccc(C(=O)O)cc3-c3cccc4ccccc34)ccc3cc(-c4ccccc4)ccc23)c(-c2cccc3ccccc23)c1. The average molecular weight is 931 g/mol. The van der Waals surface area contributed by atoms with Crippen molar-refractivity contribution in [3.05, 3.63) is 254 Å². The van der Waals surface area contributed by atoms with E-state index < -0.39 is 11.9 Å². The third-order valence-corrected chi connectivity index (χ3v) is 13.5. The largest absolute Gasteiger partial charge is 0.478 e. The summed E-state index contributed by atoms with van der Waals surface area (Å²) in [5.74, 6) is -0.131. The summed E-state index contributed by atoms with van der Waals surface area (Å²) in [5, 5.41) is 28.2. The van der Waals surface area contributed by atoms with Crippen molar-refractivity contribution < 1.29 is 29.3 Å². The van der Waals surface area contributed by atoms with Gasteiger partial charge in [-0.25, -0.2) is 9.59 Å². The Hall–Kier alpha value is -9.78. The van der Waals surface area contributed by atoms with Crippen molar-refractivity contribution in [3.63, 3.8) is 0 Å². The van der Waals surface area contributed by atoms with Crippen LogP contribution in [0.25, 0.3) is 98.7 Å². The third kappa shape index (κ3) is 8.03. The van der Waals surface area contributed by atoms with Crippen molar-refractivity contribution in [1.29, 1.82) is 0 Å². The molecule has 0 bridgehead atoms. The van der Waals surface area contributed by atoms with E-state index >= 15 is 0 Å². The van der Waals surface area contributed by atoms with E-state index in [1.165, 1.54) is 0 Å². The molecule has 6 heteroatoms. The molecule has 0 heterocycles. The van der Waals surface area contributed by atoms with Crippen molar-refractivity contribution in [1.82, 2.24) is 0 Å². The Labute approximate surface area is 414 Å². The molecule has 0 aliphatic rings. The van der Waals surface area contributed by atoms with Crippen LogP contribution in [0.1, 0.15) is 20.7 Å². The van der Waals surface area contributed by atoms with E-state index in [4.69, 9.17) is 9.47 Å². The Balaban J connectivity index is 1.13. The molecule has 0 unspecified atom stereocenters. The second-order valence-electron chi connectivity index (χ2n) is 17.8. The molecule has 342 valence electrons. The van der Waals surface area contributed by atoms with Gasteiger partial charge in [0.15, 0.2) is 0 Å². The van der Waals surface area contributed by atoms with Gasteiger partial charge in [-0.15, -0.1) is 0 Å². The Bertz CT molecular complexity index is 3830. The summed E-state index contributed by atoms with van der Waals surface area (Å²) in [7, 11) is 0. The number of carbonyl (C=O) groups is 2. The molecule has 12 rings (SSSR count). The predicted octanol–water partition coefficient (Wildman–Crippen LogP) is 17.6. The van der Waals surface area contributed by atoms with Gasteiger partial charge in [0.05, 0.1) is 11.1 Å². The van der Waals surface area contributed by atoms with E-state index in [1.807, 2.05) is 133 Å². The van der Waals surface area contributed by atoms with E-state index in [0.717, 1.165) is 87.6 Å². The van der Waals surface area contributed by atoms with Crippen LogP contribution in [0.4, 0.5) is 0 Å². The summed E-state index contributed by atoms with van der Waals surface area (Å²) in [5.41, 5.74) is 8.91. The van der Waals surface area contributed by atoms with Gasteiger partial charge in [0.2, 0.25) is 0 Å². The zero-order valence-electron chi connectivity index (χ0n) is 38.6. The van der Waals surface area contributed by atoms with Gasteiger partial charge in [-0.2, -0.15) is 0 Å². The number of carboxylic acids is 2. The molecule has 0 saturated carbocycles. The molecule has 2 N–H and O–H groups in total. The van der Waals surface area contributed by atoms with Crippen LogP contribution >= 0.6 is 0 Å². The Kier molecular flexibility index (Phi) is 11.0. The number of ether oxygens (including phenoxy) is 2. The Morgan fingerprint density at radius 3 is 1.10 bits per heavy atom. The summed E-state index contributed by atoms with van der Waals surface area (Å²) in [4.78, 5) is 25.2. The first-order valence-corrected chi connectivity index (χ1v) is 23.7. The summed E-state index contributed by atoms with van der Waals surface area (Å²) in [6.07, 6.45) is 0. The molecule has 0 aliphatic carbocycles. The van der Waals surface area contributed by atoms with E-state index in [2.05, 4.69) is 72.8 Å². The van der Waals surface area contributed by atoms with Crippen LogP contribution in [0, 0.1) is 0 Å². The number of aromatic carboxylic acids is 2. The topological polar surface area (TPSA) is 93.1 Å². The summed E-state index contributed by atoms with van der Waals surface area (Å²) in [6.45, 7) is 0. The zero-order valence-corrected chi connectivity index (χ0v) is 38.6. The van der Waals surface area contributed by atoms with Crippen molar-refractivity contribution in [2.45, 2.75) is 0 Å². The predicted molar refractivity (Wildman–Crippen MR) is 291 cm³/mol. The maximum absolute atomic E-state index is 12.6. The molecule has 12 aromatic carbocycles. The fourth-order valence-electron chi connectivity index (χ4n) is 10.0. The van der Waals surface area contributed by atoms with Gasteiger partial charge in [-0.3, -0.25) is 0 Å². The van der Waals surface area contributed by atoms with E-state index in [0.29, 0.717) is 34.1 Å². The first-order chi connectivity index (χ1) is 35.3. The highest BCUT2D eigenvalue weighted by molar-refractivity contribution is 6.12. The summed E-state index contributed by atoms with van der Waals surface area (Å²) < 4.78 is 14.5. The van der Waals surface area contributed by atoms with Gasteiger partial charge in [-0.1, -0.05) is 182 Å². The normalized spacial score (nSPS) is 11.3. The maximum Gasteiger partial charge on any atom is 0.335 e. The number of benzene rings is 12. The lowest BCUT2D eigenvalue weighted by Crippen LogP contribution is -2.00. The maximum atomic E-state index is 12.6. The lowest BCUT2D eigenvalue weighted by atomic mass is 9.89. The molecule has 0 atom stereocenters. The molecular formula is C66H42O6. The van der Waals surface area contributed by atoms with Gasteiger partial charge in [0.25, 0.3) is 0 Å². The minimum Gasteiger partial charge on any atom is -0.478 e. The van der Waals surface area contributed by atoms with Crippen LogP contribution < -0.4 is 9.47 Å². The second kappa shape index (κ2) is 18.3. The highest BCUT2D eigenvalue weighted by Crippen LogP contribution is 2.51. The lowest BCUT2D eigenvalue weighted by Gasteiger charge is -2.22. The van der Waals surface area contributed by atoms with E-state index in [9.17, 15) is 19.8 Å². The number of carboxylic acid groups (broad SMARTS) is 2. The Morgan fingerprint density at radius 2 is 0.667 bits per heavy atom. The molecule has 0 amide bonds. The summed E-state index contributed by atoms with van der Waals surface area (Å²) in [6, 6.07) is 79.5. The molecule has 0 spiro atoms. The van der Waals surface area contributed by atoms with Crippen molar-refractivity contribution in [3.8, 4) is 78.6 Å². The first kappa shape index (κ1) is 43.5. The molecule has 0 fully saturated rings. The molecule has 0 aliphatic heterocycles. The lowest BCUT2D eigenvalue weighted by molar-refractivity contribution is 0.0686. The smallest absolute Gasteiger partial charge is 0.335 e. The number of hydrogen-bond acceptors (Lipinski definition) is 4. The van der Waals surface area contributed by atoms with Crippen LogP contribution in [0.2, 0.25) is 0 Å². The van der Waals surface area contributed by atoms with Crippen LogP contribution in [0.15, 0.2) is 243 Å². The van der Waals surface area contributed by atoms with Crippen LogP contribution in [-0.4, -0.2) is 22.2 Å². The number of rotatable bonds is 11. The van der Waals surface area contributed by atoms with Gasteiger partial charge in [-0.05, 0) is 137 Å². The van der Waals surface area contributed by atoms with Gasteiger partial charge < -0.3 is 19.7 Å². The van der Waals surface area contributed by atoms with Gasteiger partial charge in [0, 0.05) is 22.3 Å². The summed E-state index contributed by atoms with van der Waals surface area (Å²) >= 11 is 0. The molecule has 72 heavy (non-hydrogen) atoms. The minimum absolute atomic E-state index is 0.132. The molecule has 0 aromatic heterocycles. The van der Waals surface area contributed by atoms with Crippen molar-refractivity contribution in [2.75, 3.05) is 0 Å². The molecule has 0 radical (unpaired) electrons. The molecular weight excluding hydrogens is 889 g/mol. The first-order valence-electron chi connectivity index (χ1n) is 23.7. The standard InChI is InChI=1S/C66H42O6/c67-65(68)49-29-33-59(57(39-49)55-23-11-19-43-17-7-9-21-51(43)55)71-61-35-27-47-37-45(41-13-3-1-4-14-41)25-31-53(47)63(61)64-54-32-26-46(42-15-5-2-6-16-42)38-48(54)28-36-62(64)72-60-34-30-50(66(69)70)40-58(60)56-24-12-20-44-18-8-10-22-52(44)56/h1-40H,(H,67,68)(H,69,70). The minimum atomic E-state index is -1.05. The Morgan fingerprint density at radius 1 is 0.278 bits per heavy atom. The molecule has 12 aromatic rings. The zero-order chi connectivity index (χ0) is 48.7. The molecule has 0 saturated heterocycles. The van der Waals surface area contributed by atoms with E-state index in [1.54, 1.807) is 36.4 Å². The van der Waals surface area contributed by atoms with Crippen LogP contribution in [0.3, 0.4) is 0 Å². The highest BCUT2D eigenvalue weighted by Gasteiger charge is 2.24. The highest BCUT2D eigenvalue weighted by atomic mass is 16.5. The van der Waals surface area contributed by atoms with Crippen LogP contribution in [-0.2, 0) is 0 Å². The third-order valence-electron chi connectivity index (χ3n) is 13.5. The van der Waals surface area contributed by atoms with Gasteiger partial charge >= 0.3 is 11.9 Å². The quantitative estimate of drug-likeness (QED) is 0.134. The number of fused-ring (bicyclic) bond motifs is 4. The monoisotopic (exact) mass is 930 g/mol. The van der Waals surface area contributed by atoms with Gasteiger partial charge in [0.1, 0.15) is 23.0 Å².